The molecule has 0 aliphatic carbocycles. The van der Waals surface area contributed by atoms with Crippen molar-refractivity contribution in [3.05, 3.63) is 12.3 Å². The van der Waals surface area contributed by atoms with E-state index in [0.717, 1.165) is 51.9 Å². The summed E-state index contributed by atoms with van der Waals surface area (Å²) in [7, 11) is 0. The van der Waals surface area contributed by atoms with Gasteiger partial charge in [0.1, 0.15) is 0 Å². The van der Waals surface area contributed by atoms with Gasteiger partial charge in [-0.15, -0.1) is 0 Å². The van der Waals surface area contributed by atoms with Crippen molar-refractivity contribution in [3.8, 4) is 0 Å². The van der Waals surface area contributed by atoms with Crippen LogP contribution in [-0.2, 0) is 18.9 Å². The fraction of sp³-hybridized carbons (Fsp3) is 0.913. The van der Waals surface area contributed by atoms with Gasteiger partial charge in [-0.2, -0.15) is 0 Å². The summed E-state index contributed by atoms with van der Waals surface area (Å²) in [5.74, 6) is 0. The number of rotatable bonds is 22. The highest BCUT2D eigenvalue weighted by molar-refractivity contribution is 4.73. The largest absolute Gasteiger partial charge is 0.475 e. The van der Waals surface area contributed by atoms with Gasteiger partial charge in [0.05, 0.1) is 12.9 Å². The predicted octanol–water partition coefficient (Wildman–Crippen LogP) is 6.98. The third kappa shape index (κ3) is 21.6. The Morgan fingerprint density at radius 1 is 0.667 bits per heavy atom. The first-order valence-corrected chi connectivity index (χ1v) is 11.4. The van der Waals surface area contributed by atoms with Gasteiger partial charge in [-0.25, -0.2) is 0 Å². The molecule has 0 fully saturated rings. The van der Waals surface area contributed by atoms with Crippen LogP contribution in [0.15, 0.2) is 12.3 Å². The van der Waals surface area contributed by atoms with Crippen LogP contribution in [0.2, 0.25) is 0 Å². The zero-order valence-corrected chi connectivity index (χ0v) is 18.4. The van der Waals surface area contributed by atoms with Crippen LogP contribution in [0, 0.1) is 0 Å². The van der Waals surface area contributed by atoms with Crippen LogP contribution in [0.25, 0.3) is 0 Å². The van der Waals surface area contributed by atoms with E-state index >= 15 is 0 Å². The summed E-state index contributed by atoms with van der Waals surface area (Å²) in [6.45, 7) is 9.36. The van der Waals surface area contributed by atoms with Crippen LogP contribution in [0.3, 0.4) is 0 Å². The normalized spacial score (nSPS) is 11.7. The van der Waals surface area contributed by atoms with Gasteiger partial charge < -0.3 is 18.9 Å². The second kappa shape index (κ2) is 23.5. The van der Waals surface area contributed by atoms with E-state index in [1.807, 2.05) is 6.08 Å². The van der Waals surface area contributed by atoms with Gasteiger partial charge in [0, 0.05) is 19.6 Å². The molecule has 0 N–H and O–H groups in total. The van der Waals surface area contributed by atoms with Gasteiger partial charge in [0.2, 0.25) is 0 Å². The summed E-state index contributed by atoms with van der Waals surface area (Å²) in [6.07, 6.45) is 18.8. The molecule has 0 aromatic rings. The zero-order chi connectivity index (χ0) is 19.8. The van der Waals surface area contributed by atoms with Crippen LogP contribution < -0.4 is 0 Å². The van der Waals surface area contributed by atoms with Crippen molar-refractivity contribution < 1.29 is 18.9 Å². The molecule has 0 aliphatic heterocycles. The summed E-state index contributed by atoms with van der Waals surface area (Å²) in [5, 5.41) is 0. The Morgan fingerprint density at radius 3 is 1.81 bits per heavy atom. The number of ether oxygens (including phenoxy) is 4. The Kier molecular flexibility index (Phi) is 23.0. The van der Waals surface area contributed by atoms with Crippen LogP contribution in [0.5, 0.6) is 0 Å². The maximum Gasteiger partial charge on any atom is 0.188 e. The first kappa shape index (κ1) is 26.4. The van der Waals surface area contributed by atoms with Gasteiger partial charge in [0.15, 0.2) is 13.1 Å². The summed E-state index contributed by atoms with van der Waals surface area (Å²) >= 11 is 0. The molecule has 0 atom stereocenters. The smallest absolute Gasteiger partial charge is 0.188 e. The maximum atomic E-state index is 5.96. The van der Waals surface area contributed by atoms with Crippen LogP contribution >= 0.6 is 0 Å². The van der Waals surface area contributed by atoms with Gasteiger partial charge in [-0.3, -0.25) is 0 Å². The van der Waals surface area contributed by atoms with Gasteiger partial charge >= 0.3 is 0 Å². The van der Waals surface area contributed by atoms with E-state index in [0.29, 0.717) is 6.79 Å². The van der Waals surface area contributed by atoms with E-state index in [4.69, 9.17) is 18.9 Å². The lowest BCUT2D eigenvalue weighted by Crippen LogP contribution is -2.18. The van der Waals surface area contributed by atoms with E-state index in [1.54, 1.807) is 6.26 Å². The number of hydrogen-bond acceptors (Lipinski definition) is 4. The molecule has 0 aromatic heterocycles. The van der Waals surface area contributed by atoms with Crippen LogP contribution in [0.4, 0.5) is 0 Å². The molecule has 0 spiro atoms. The molecule has 4 heteroatoms. The molecular weight excluding hydrogens is 340 g/mol. The topological polar surface area (TPSA) is 36.9 Å². The summed E-state index contributed by atoms with van der Waals surface area (Å²) in [4.78, 5) is 0. The quantitative estimate of drug-likeness (QED) is 0.114. The molecule has 0 bridgehead atoms. The molecule has 0 saturated heterocycles. The fourth-order valence-electron chi connectivity index (χ4n) is 2.67. The second-order valence-corrected chi connectivity index (χ2v) is 7.14. The monoisotopic (exact) mass is 386 g/mol. The third-order valence-corrected chi connectivity index (χ3v) is 4.41. The molecule has 0 aliphatic rings. The van der Waals surface area contributed by atoms with E-state index in [1.165, 1.54) is 51.4 Å². The lowest BCUT2D eigenvalue weighted by atomic mass is 10.2. The minimum absolute atomic E-state index is 0.0943. The zero-order valence-electron chi connectivity index (χ0n) is 18.4. The van der Waals surface area contributed by atoms with Crippen molar-refractivity contribution >= 4 is 0 Å². The van der Waals surface area contributed by atoms with Crippen LogP contribution in [0.1, 0.15) is 104 Å². The molecule has 162 valence electrons. The Bertz CT molecular complexity index is 280. The second-order valence-electron chi connectivity index (χ2n) is 7.14. The highest BCUT2D eigenvalue weighted by Crippen LogP contribution is 2.10. The van der Waals surface area contributed by atoms with Gasteiger partial charge in [-0.1, -0.05) is 72.1 Å². The van der Waals surface area contributed by atoms with E-state index in [9.17, 15) is 0 Å². The molecule has 0 rings (SSSR count). The van der Waals surface area contributed by atoms with E-state index in [2.05, 4.69) is 20.8 Å². The number of allylic oxidation sites excluding steroid dienone is 1. The lowest BCUT2D eigenvalue weighted by molar-refractivity contribution is -0.146. The highest BCUT2D eigenvalue weighted by Gasteiger charge is 2.08. The Morgan fingerprint density at radius 2 is 1.22 bits per heavy atom. The minimum atomic E-state index is -0.0943. The summed E-state index contributed by atoms with van der Waals surface area (Å²) in [6, 6.07) is 0. The number of unbranched alkanes of at least 4 members (excludes halogenated alkanes) is 8. The highest BCUT2D eigenvalue weighted by atomic mass is 16.7. The van der Waals surface area contributed by atoms with E-state index < -0.39 is 0 Å². The van der Waals surface area contributed by atoms with E-state index in [-0.39, 0.29) is 6.29 Å². The Labute approximate surface area is 169 Å². The molecule has 0 aromatic carbocycles. The van der Waals surface area contributed by atoms with Crippen LogP contribution in [-0.4, -0.2) is 32.9 Å². The Balaban J connectivity index is 3.80. The lowest BCUT2D eigenvalue weighted by Gasteiger charge is -2.18. The molecule has 0 unspecified atom stereocenters. The summed E-state index contributed by atoms with van der Waals surface area (Å²) in [5.41, 5.74) is 0. The molecule has 27 heavy (non-hydrogen) atoms. The van der Waals surface area contributed by atoms with Crippen molar-refractivity contribution in [3.63, 3.8) is 0 Å². The van der Waals surface area contributed by atoms with Gasteiger partial charge in [0.25, 0.3) is 0 Å². The van der Waals surface area contributed by atoms with Crippen molar-refractivity contribution in [2.75, 3.05) is 26.6 Å². The van der Waals surface area contributed by atoms with Gasteiger partial charge in [-0.05, 0) is 31.8 Å². The average Bonchev–Trinajstić information content (AvgIpc) is 2.68. The first-order valence-electron chi connectivity index (χ1n) is 11.4. The minimum Gasteiger partial charge on any atom is -0.475 e. The number of hydrogen-bond donors (Lipinski definition) is 0. The molecular formula is C23H46O4. The molecule has 0 saturated carbocycles. The first-order chi connectivity index (χ1) is 13.3. The molecule has 4 nitrogen and oxygen atoms in total. The molecule has 0 radical (unpaired) electrons. The molecule has 0 heterocycles. The average molecular weight is 387 g/mol. The fourth-order valence-corrected chi connectivity index (χ4v) is 2.67. The SMILES string of the molecule is CCCCCCOC(CCC=COCOCCCCC)OCCCCCC. The third-order valence-electron chi connectivity index (χ3n) is 4.41. The maximum absolute atomic E-state index is 5.96. The standard InChI is InChI=1S/C23H46O4/c1-4-7-10-14-20-26-23(27-21-15-11-8-5-2)17-12-16-19-25-22-24-18-13-9-6-3/h16,19,23H,4-15,17-18,20-22H2,1-3H3. The van der Waals surface area contributed by atoms with Crippen molar-refractivity contribution in [1.82, 2.24) is 0 Å². The molecule has 0 amide bonds. The van der Waals surface area contributed by atoms with Crippen molar-refractivity contribution in [1.29, 1.82) is 0 Å². The van der Waals surface area contributed by atoms with Crippen molar-refractivity contribution in [2.24, 2.45) is 0 Å². The summed E-state index contributed by atoms with van der Waals surface area (Å²) < 4.78 is 22.7. The Hall–Kier alpha value is -0.580. The predicted molar refractivity (Wildman–Crippen MR) is 114 cm³/mol. The van der Waals surface area contributed by atoms with Crippen molar-refractivity contribution in [2.45, 2.75) is 111 Å².